The number of likely N-dealkylation sites (tertiary alicyclic amines) is 1. The Hall–Kier alpha value is -2.15. The van der Waals surface area contributed by atoms with E-state index in [4.69, 9.17) is 4.98 Å². The van der Waals surface area contributed by atoms with Crippen molar-refractivity contribution < 1.29 is 0 Å². The molecule has 0 aliphatic carbocycles. The summed E-state index contributed by atoms with van der Waals surface area (Å²) in [7, 11) is 0. The van der Waals surface area contributed by atoms with E-state index in [1.807, 2.05) is 12.5 Å². The van der Waals surface area contributed by atoms with Gasteiger partial charge in [0.1, 0.15) is 0 Å². The average molecular weight is 371 g/mol. The van der Waals surface area contributed by atoms with Gasteiger partial charge in [0, 0.05) is 44.4 Å². The summed E-state index contributed by atoms with van der Waals surface area (Å²) in [6.45, 7) is 8.12. The van der Waals surface area contributed by atoms with Crippen molar-refractivity contribution in [2.45, 2.75) is 58.0 Å². The first-order valence-corrected chi connectivity index (χ1v) is 10.3. The first kappa shape index (κ1) is 18.2. The molecule has 0 atom stereocenters. The lowest BCUT2D eigenvalue weighted by molar-refractivity contribution is 0.199. The highest BCUT2D eigenvalue weighted by atomic mass is 16.1. The number of nitrogens with one attached hydrogen (secondary N) is 1. The molecule has 0 saturated carbocycles. The standard InChI is InChI=1S/C20H30N6O/c1-2-25-15-21-13-17(25)14-24-10-6-16(7-11-24)18-12-19(27)23-20(22-18)26-8-4-3-5-9-26/h12-13,15-16H,2-11,14H2,1H3,(H,22,23,27). The van der Waals surface area contributed by atoms with Gasteiger partial charge in [-0.25, -0.2) is 9.97 Å². The molecule has 2 aromatic heterocycles. The average Bonchev–Trinajstić information content (AvgIpc) is 3.16. The lowest BCUT2D eigenvalue weighted by Gasteiger charge is -2.32. The summed E-state index contributed by atoms with van der Waals surface area (Å²) in [4.78, 5) is 29.0. The molecular formula is C20H30N6O. The third kappa shape index (κ3) is 4.24. The van der Waals surface area contributed by atoms with E-state index >= 15 is 0 Å². The summed E-state index contributed by atoms with van der Waals surface area (Å²) < 4.78 is 2.20. The van der Waals surface area contributed by atoms with Gasteiger partial charge in [-0.3, -0.25) is 14.7 Å². The Labute approximate surface area is 160 Å². The molecule has 2 aliphatic rings. The third-order valence-corrected chi connectivity index (χ3v) is 5.94. The van der Waals surface area contributed by atoms with Crippen LogP contribution in [0.15, 0.2) is 23.4 Å². The molecule has 2 aromatic rings. The van der Waals surface area contributed by atoms with E-state index in [1.54, 1.807) is 6.07 Å². The smallest absolute Gasteiger partial charge is 0.252 e. The van der Waals surface area contributed by atoms with Crippen LogP contribution >= 0.6 is 0 Å². The van der Waals surface area contributed by atoms with Gasteiger partial charge in [0.05, 0.1) is 17.7 Å². The molecule has 2 aliphatic heterocycles. The van der Waals surface area contributed by atoms with Crippen molar-refractivity contribution >= 4 is 5.95 Å². The second-order valence-corrected chi connectivity index (χ2v) is 7.76. The summed E-state index contributed by atoms with van der Waals surface area (Å²) in [5.41, 5.74) is 2.23. The molecule has 0 radical (unpaired) electrons. The van der Waals surface area contributed by atoms with Gasteiger partial charge in [0.25, 0.3) is 5.56 Å². The predicted octanol–water partition coefficient (Wildman–Crippen LogP) is 2.36. The predicted molar refractivity (Wildman–Crippen MR) is 106 cm³/mol. The van der Waals surface area contributed by atoms with E-state index in [0.29, 0.717) is 5.92 Å². The molecule has 4 heterocycles. The molecule has 7 nitrogen and oxygen atoms in total. The number of aromatic amines is 1. The fourth-order valence-corrected chi connectivity index (χ4v) is 4.31. The molecule has 27 heavy (non-hydrogen) atoms. The number of imidazole rings is 1. The molecule has 0 amide bonds. The Morgan fingerprint density at radius 3 is 2.67 bits per heavy atom. The molecule has 0 unspecified atom stereocenters. The van der Waals surface area contributed by atoms with Crippen LogP contribution in [0.25, 0.3) is 0 Å². The summed E-state index contributed by atoms with van der Waals surface area (Å²) in [6.07, 6.45) is 9.62. The highest BCUT2D eigenvalue weighted by molar-refractivity contribution is 5.31. The van der Waals surface area contributed by atoms with Crippen molar-refractivity contribution in [3.05, 3.63) is 40.3 Å². The Kier molecular flexibility index (Phi) is 5.57. The lowest BCUT2D eigenvalue weighted by Crippen LogP contribution is -2.35. The Morgan fingerprint density at radius 2 is 1.93 bits per heavy atom. The summed E-state index contributed by atoms with van der Waals surface area (Å²) in [6, 6.07) is 1.71. The molecule has 0 bridgehead atoms. The van der Waals surface area contributed by atoms with Gasteiger partial charge in [-0.15, -0.1) is 0 Å². The van der Waals surface area contributed by atoms with Gasteiger partial charge in [0.15, 0.2) is 0 Å². The second-order valence-electron chi connectivity index (χ2n) is 7.76. The molecule has 0 aromatic carbocycles. The van der Waals surface area contributed by atoms with E-state index < -0.39 is 0 Å². The Balaban J connectivity index is 1.40. The normalized spacial score (nSPS) is 19.5. The zero-order valence-corrected chi connectivity index (χ0v) is 16.2. The number of hydrogen-bond donors (Lipinski definition) is 1. The van der Waals surface area contributed by atoms with Gasteiger partial charge in [-0.05, 0) is 52.1 Å². The molecule has 1 N–H and O–H groups in total. The highest BCUT2D eigenvalue weighted by Crippen LogP contribution is 2.28. The summed E-state index contributed by atoms with van der Waals surface area (Å²) >= 11 is 0. The first-order chi connectivity index (χ1) is 13.2. The van der Waals surface area contributed by atoms with Crippen molar-refractivity contribution in [1.29, 1.82) is 0 Å². The van der Waals surface area contributed by atoms with Gasteiger partial charge in [0.2, 0.25) is 5.95 Å². The quantitative estimate of drug-likeness (QED) is 0.875. The van der Waals surface area contributed by atoms with Crippen LogP contribution in [-0.2, 0) is 13.1 Å². The number of aromatic nitrogens is 4. The van der Waals surface area contributed by atoms with Crippen LogP contribution in [0.3, 0.4) is 0 Å². The van der Waals surface area contributed by atoms with Crippen LogP contribution in [0.1, 0.15) is 56.3 Å². The first-order valence-electron chi connectivity index (χ1n) is 10.3. The fraction of sp³-hybridized carbons (Fsp3) is 0.650. The SMILES string of the molecule is CCn1cncc1CN1CCC(c2cc(=O)[nH]c(N3CCCCC3)n2)CC1. The number of H-pyrrole nitrogens is 1. The third-order valence-electron chi connectivity index (χ3n) is 5.94. The number of nitrogens with zero attached hydrogens (tertiary/aromatic N) is 5. The minimum absolute atomic E-state index is 0.0187. The Bertz CT molecular complexity index is 799. The van der Waals surface area contributed by atoms with E-state index in [2.05, 4.69) is 31.3 Å². The van der Waals surface area contributed by atoms with Crippen molar-refractivity contribution in [3.8, 4) is 0 Å². The number of rotatable bonds is 5. The van der Waals surface area contributed by atoms with Gasteiger partial charge >= 0.3 is 0 Å². The molecule has 146 valence electrons. The fourth-order valence-electron chi connectivity index (χ4n) is 4.31. The molecule has 2 fully saturated rings. The summed E-state index contributed by atoms with van der Waals surface area (Å²) in [5, 5.41) is 0. The van der Waals surface area contributed by atoms with Crippen molar-refractivity contribution in [2.24, 2.45) is 0 Å². The maximum atomic E-state index is 12.2. The highest BCUT2D eigenvalue weighted by Gasteiger charge is 2.24. The minimum Gasteiger partial charge on any atom is -0.342 e. The van der Waals surface area contributed by atoms with Crippen LogP contribution in [0, 0.1) is 0 Å². The minimum atomic E-state index is -0.0187. The maximum Gasteiger partial charge on any atom is 0.252 e. The monoisotopic (exact) mass is 370 g/mol. The second kappa shape index (κ2) is 8.25. The topological polar surface area (TPSA) is 70.1 Å². The zero-order chi connectivity index (χ0) is 18.6. The van der Waals surface area contributed by atoms with Gasteiger partial charge < -0.3 is 9.47 Å². The lowest BCUT2D eigenvalue weighted by atomic mass is 9.93. The molecule has 4 rings (SSSR count). The van der Waals surface area contributed by atoms with E-state index in [0.717, 1.165) is 63.8 Å². The molecule has 2 saturated heterocycles. The van der Waals surface area contributed by atoms with Gasteiger partial charge in [-0.2, -0.15) is 0 Å². The van der Waals surface area contributed by atoms with Crippen molar-refractivity contribution in [3.63, 3.8) is 0 Å². The van der Waals surface area contributed by atoms with Crippen molar-refractivity contribution in [2.75, 3.05) is 31.1 Å². The summed E-state index contributed by atoms with van der Waals surface area (Å²) in [5.74, 6) is 1.15. The van der Waals surface area contributed by atoms with E-state index in [9.17, 15) is 4.79 Å². The zero-order valence-electron chi connectivity index (χ0n) is 16.2. The van der Waals surface area contributed by atoms with Crippen molar-refractivity contribution in [1.82, 2.24) is 24.4 Å². The maximum absolute atomic E-state index is 12.2. The van der Waals surface area contributed by atoms with Crippen LogP contribution in [0.5, 0.6) is 0 Å². The number of hydrogen-bond acceptors (Lipinski definition) is 5. The van der Waals surface area contributed by atoms with E-state index in [1.165, 1.54) is 25.0 Å². The largest absolute Gasteiger partial charge is 0.342 e. The van der Waals surface area contributed by atoms with E-state index in [-0.39, 0.29) is 5.56 Å². The molecule has 7 heteroatoms. The molecular weight excluding hydrogens is 340 g/mol. The number of aryl methyl sites for hydroxylation is 1. The number of piperidine rings is 2. The Morgan fingerprint density at radius 1 is 1.15 bits per heavy atom. The number of anilines is 1. The van der Waals surface area contributed by atoms with Crippen LogP contribution in [0.2, 0.25) is 0 Å². The molecule has 0 spiro atoms. The van der Waals surface area contributed by atoms with Crippen LogP contribution < -0.4 is 10.5 Å². The van der Waals surface area contributed by atoms with Gasteiger partial charge in [-0.1, -0.05) is 0 Å². The van der Waals surface area contributed by atoms with Crippen LogP contribution in [0.4, 0.5) is 5.95 Å². The van der Waals surface area contributed by atoms with Crippen LogP contribution in [-0.4, -0.2) is 50.6 Å².